The maximum absolute atomic E-state index is 5.70. The molecule has 0 heterocycles. The number of para-hydroxylation sites is 1. The molecule has 0 radical (unpaired) electrons. The molecule has 1 rings (SSSR count). The van der Waals surface area contributed by atoms with Gasteiger partial charge < -0.3 is 4.74 Å². The van der Waals surface area contributed by atoms with Crippen molar-refractivity contribution in [2.24, 2.45) is 5.92 Å². The van der Waals surface area contributed by atoms with Crippen molar-refractivity contribution in [1.29, 1.82) is 0 Å². The lowest BCUT2D eigenvalue weighted by atomic mass is 10.1. The number of halogens is 2. The van der Waals surface area contributed by atoms with Gasteiger partial charge in [0.15, 0.2) is 0 Å². The molecule has 3 heteroatoms. The van der Waals surface area contributed by atoms with Crippen molar-refractivity contribution in [3.63, 3.8) is 0 Å². The highest BCUT2D eigenvalue weighted by Crippen LogP contribution is 2.20. The Bertz CT molecular complexity index is 291. The van der Waals surface area contributed by atoms with Crippen LogP contribution in [0, 0.1) is 9.49 Å². The minimum absolute atomic E-state index is 0.642. The van der Waals surface area contributed by atoms with Crippen LogP contribution in [0.1, 0.15) is 19.8 Å². The maximum Gasteiger partial charge on any atom is 0.132 e. The fraction of sp³-hybridized carbons (Fsp3) is 0.500. The predicted molar refractivity (Wildman–Crippen MR) is 73.8 cm³/mol. The Hall–Kier alpha value is 0.0400. The van der Waals surface area contributed by atoms with Gasteiger partial charge in [-0.2, -0.15) is 0 Å². The van der Waals surface area contributed by atoms with E-state index in [0.29, 0.717) is 5.92 Å². The van der Waals surface area contributed by atoms with E-state index >= 15 is 0 Å². The SMILES string of the molecule is CC(CCCl)CCOc1ccccc1I. The minimum Gasteiger partial charge on any atom is -0.492 e. The minimum atomic E-state index is 0.642. The van der Waals surface area contributed by atoms with Crippen LogP contribution in [0.2, 0.25) is 0 Å². The first-order valence-electron chi connectivity index (χ1n) is 5.17. The van der Waals surface area contributed by atoms with Gasteiger partial charge in [-0.1, -0.05) is 19.1 Å². The van der Waals surface area contributed by atoms with Gasteiger partial charge in [-0.25, -0.2) is 0 Å². The molecule has 0 saturated heterocycles. The second kappa shape index (κ2) is 7.34. The highest BCUT2D eigenvalue weighted by molar-refractivity contribution is 14.1. The molecule has 1 aromatic carbocycles. The van der Waals surface area contributed by atoms with Gasteiger partial charge in [-0.15, -0.1) is 11.6 Å². The predicted octanol–water partition coefficient (Wildman–Crippen LogP) is 4.33. The second-order valence-electron chi connectivity index (χ2n) is 3.65. The van der Waals surface area contributed by atoms with E-state index in [2.05, 4.69) is 35.6 Å². The molecule has 0 spiro atoms. The Labute approximate surface area is 110 Å². The van der Waals surface area contributed by atoms with Gasteiger partial charge in [0, 0.05) is 5.88 Å². The summed E-state index contributed by atoms with van der Waals surface area (Å²) in [5, 5.41) is 0. The molecule has 0 aliphatic heterocycles. The van der Waals surface area contributed by atoms with Gasteiger partial charge in [-0.05, 0) is 53.5 Å². The summed E-state index contributed by atoms with van der Waals surface area (Å²) in [6, 6.07) is 8.08. The average molecular weight is 339 g/mol. The van der Waals surface area contributed by atoms with Crippen molar-refractivity contribution in [1.82, 2.24) is 0 Å². The molecule has 1 unspecified atom stereocenters. The molecule has 0 aromatic heterocycles. The largest absolute Gasteiger partial charge is 0.492 e. The molecular formula is C12H16ClIO. The summed E-state index contributed by atoms with van der Waals surface area (Å²) < 4.78 is 6.87. The third-order valence-electron chi connectivity index (χ3n) is 2.31. The van der Waals surface area contributed by atoms with Crippen LogP contribution >= 0.6 is 34.2 Å². The van der Waals surface area contributed by atoms with E-state index in [-0.39, 0.29) is 0 Å². The van der Waals surface area contributed by atoms with E-state index < -0.39 is 0 Å². The summed E-state index contributed by atoms with van der Waals surface area (Å²) in [7, 11) is 0. The van der Waals surface area contributed by atoms with Gasteiger partial charge in [0.25, 0.3) is 0 Å². The Morgan fingerprint density at radius 3 is 2.73 bits per heavy atom. The second-order valence-corrected chi connectivity index (χ2v) is 5.19. The number of rotatable bonds is 6. The fourth-order valence-corrected chi connectivity index (χ4v) is 2.18. The van der Waals surface area contributed by atoms with E-state index in [1.165, 1.54) is 3.57 Å². The van der Waals surface area contributed by atoms with Crippen LogP contribution in [0.5, 0.6) is 5.75 Å². The Morgan fingerprint density at radius 1 is 1.33 bits per heavy atom. The first kappa shape index (κ1) is 13.1. The number of hydrogen-bond acceptors (Lipinski definition) is 1. The van der Waals surface area contributed by atoms with Crippen molar-refractivity contribution in [2.75, 3.05) is 12.5 Å². The highest BCUT2D eigenvalue weighted by Gasteiger charge is 2.03. The maximum atomic E-state index is 5.70. The van der Waals surface area contributed by atoms with E-state index in [4.69, 9.17) is 16.3 Å². The third-order valence-corrected chi connectivity index (χ3v) is 3.42. The van der Waals surface area contributed by atoms with Crippen molar-refractivity contribution in [3.8, 4) is 5.75 Å². The monoisotopic (exact) mass is 338 g/mol. The van der Waals surface area contributed by atoms with Gasteiger partial charge in [0.05, 0.1) is 10.2 Å². The molecule has 1 nitrogen and oxygen atoms in total. The normalized spacial score (nSPS) is 12.5. The molecular weight excluding hydrogens is 322 g/mol. The molecule has 0 fully saturated rings. The molecule has 0 amide bonds. The van der Waals surface area contributed by atoms with Crippen LogP contribution < -0.4 is 4.74 Å². The number of ether oxygens (including phenoxy) is 1. The fourth-order valence-electron chi connectivity index (χ4n) is 1.26. The molecule has 0 saturated carbocycles. The molecule has 1 atom stereocenters. The van der Waals surface area contributed by atoms with E-state index in [9.17, 15) is 0 Å². The molecule has 0 aliphatic rings. The van der Waals surface area contributed by atoms with Crippen LogP contribution in [-0.2, 0) is 0 Å². The molecule has 0 bridgehead atoms. The van der Waals surface area contributed by atoms with Crippen LogP contribution in [0.4, 0.5) is 0 Å². The van der Waals surface area contributed by atoms with Gasteiger partial charge in [-0.3, -0.25) is 0 Å². The lowest BCUT2D eigenvalue weighted by Crippen LogP contribution is -2.05. The molecule has 84 valence electrons. The topological polar surface area (TPSA) is 9.23 Å². The van der Waals surface area contributed by atoms with E-state index in [1.54, 1.807) is 0 Å². The Balaban J connectivity index is 2.29. The lowest BCUT2D eigenvalue weighted by Gasteiger charge is -2.11. The van der Waals surface area contributed by atoms with Gasteiger partial charge in [0.1, 0.15) is 5.75 Å². The number of alkyl halides is 1. The van der Waals surface area contributed by atoms with Gasteiger partial charge >= 0.3 is 0 Å². The Kier molecular flexibility index (Phi) is 6.41. The quantitative estimate of drug-likeness (QED) is 0.554. The zero-order valence-corrected chi connectivity index (χ0v) is 11.8. The smallest absolute Gasteiger partial charge is 0.132 e. The third kappa shape index (κ3) is 5.07. The summed E-state index contributed by atoms with van der Waals surface area (Å²) in [6.45, 7) is 2.99. The summed E-state index contributed by atoms with van der Waals surface area (Å²) in [5.41, 5.74) is 0. The summed E-state index contributed by atoms with van der Waals surface area (Å²) >= 11 is 7.96. The summed E-state index contributed by atoms with van der Waals surface area (Å²) in [6.07, 6.45) is 2.13. The lowest BCUT2D eigenvalue weighted by molar-refractivity contribution is 0.280. The summed E-state index contributed by atoms with van der Waals surface area (Å²) in [4.78, 5) is 0. The summed E-state index contributed by atoms with van der Waals surface area (Å²) in [5.74, 6) is 2.37. The zero-order valence-electron chi connectivity index (χ0n) is 8.88. The van der Waals surface area contributed by atoms with Crippen molar-refractivity contribution in [2.45, 2.75) is 19.8 Å². The first-order chi connectivity index (χ1) is 7.24. The number of benzene rings is 1. The van der Waals surface area contributed by atoms with E-state index in [0.717, 1.165) is 31.1 Å². The van der Waals surface area contributed by atoms with Crippen molar-refractivity contribution >= 4 is 34.2 Å². The standard InChI is InChI=1S/C12H16ClIO/c1-10(6-8-13)7-9-15-12-5-3-2-4-11(12)14/h2-5,10H,6-9H2,1H3. The van der Waals surface area contributed by atoms with Crippen LogP contribution in [0.25, 0.3) is 0 Å². The molecule has 15 heavy (non-hydrogen) atoms. The van der Waals surface area contributed by atoms with Crippen LogP contribution in [0.3, 0.4) is 0 Å². The molecule has 1 aromatic rings. The molecule has 0 N–H and O–H groups in total. The zero-order chi connectivity index (χ0) is 11.1. The van der Waals surface area contributed by atoms with Crippen LogP contribution in [-0.4, -0.2) is 12.5 Å². The Morgan fingerprint density at radius 2 is 2.07 bits per heavy atom. The highest BCUT2D eigenvalue weighted by atomic mass is 127. The molecule has 0 aliphatic carbocycles. The van der Waals surface area contributed by atoms with E-state index in [1.807, 2.05) is 18.2 Å². The van der Waals surface area contributed by atoms with Gasteiger partial charge in [0.2, 0.25) is 0 Å². The number of hydrogen-bond donors (Lipinski definition) is 0. The van der Waals surface area contributed by atoms with Crippen molar-refractivity contribution < 1.29 is 4.74 Å². The average Bonchev–Trinajstić information content (AvgIpc) is 2.21. The van der Waals surface area contributed by atoms with Crippen molar-refractivity contribution in [3.05, 3.63) is 27.8 Å². The van der Waals surface area contributed by atoms with Crippen LogP contribution in [0.15, 0.2) is 24.3 Å². The first-order valence-corrected chi connectivity index (χ1v) is 6.78.